The first kappa shape index (κ1) is 17.6. The van der Waals surface area contributed by atoms with Crippen molar-refractivity contribution in [2.45, 2.75) is 32.9 Å². The van der Waals surface area contributed by atoms with Gasteiger partial charge >= 0.3 is 0 Å². The Morgan fingerprint density at radius 1 is 1.17 bits per heavy atom. The van der Waals surface area contributed by atoms with E-state index in [1.807, 2.05) is 55.1 Å². The molecule has 4 nitrogen and oxygen atoms in total. The van der Waals surface area contributed by atoms with Crippen molar-refractivity contribution < 1.29 is 9.53 Å². The zero-order valence-electron chi connectivity index (χ0n) is 14.3. The van der Waals surface area contributed by atoms with Gasteiger partial charge in [-0.2, -0.15) is 5.26 Å². The lowest BCUT2D eigenvalue weighted by Gasteiger charge is -2.27. The minimum absolute atomic E-state index is 0.0719. The molecular formula is C20H22N2O2. The largest absolute Gasteiger partial charge is 0.497 e. The van der Waals surface area contributed by atoms with Crippen molar-refractivity contribution in [3.63, 3.8) is 0 Å². The molecule has 0 atom stereocenters. The number of rotatable bonds is 6. The van der Waals surface area contributed by atoms with Gasteiger partial charge < -0.3 is 9.64 Å². The van der Waals surface area contributed by atoms with Crippen LogP contribution in [0.25, 0.3) is 0 Å². The average molecular weight is 322 g/mol. The topological polar surface area (TPSA) is 53.3 Å². The summed E-state index contributed by atoms with van der Waals surface area (Å²) >= 11 is 0. The Balaban J connectivity index is 2.10. The molecule has 0 spiro atoms. The van der Waals surface area contributed by atoms with Crippen LogP contribution in [0.1, 0.15) is 30.5 Å². The molecular weight excluding hydrogens is 300 g/mol. The molecule has 0 aliphatic heterocycles. The highest BCUT2D eigenvalue weighted by molar-refractivity contribution is 5.79. The molecule has 4 heteroatoms. The minimum Gasteiger partial charge on any atom is -0.497 e. The molecule has 0 heterocycles. The van der Waals surface area contributed by atoms with Crippen LogP contribution in [0.5, 0.6) is 5.75 Å². The molecule has 0 radical (unpaired) electrons. The van der Waals surface area contributed by atoms with Crippen molar-refractivity contribution in [1.82, 2.24) is 4.90 Å². The van der Waals surface area contributed by atoms with Crippen LogP contribution in [0.3, 0.4) is 0 Å². The van der Waals surface area contributed by atoms with Gasteiger partial charge in [0.05, 0.1) is 25.2 Å². The maximum absolute atomic E-state index is 12.7. The number of nitrogens with zero attached hydrogens (tertiary/aromatic N) is 2. The average Bonchev–Trinajstić information content (AvgIpc) is 2.60. The molecule has 1 amide bonds. The Labute approximate surface area is 143 Å². The van der Waals surface area contributed by atoms with E-state index in [1.54, 1.807) is 19.2 Å². The van der Waals surface area contributed by atoms with E-state index in [9.17, 15) is 4.79 Å². The number of hydrogen-bond donors (Lipinski definition) is 0. The van der Waals surface area contributed by atoms with Gasteiger partial charge in [-0.15, -0.1) is 0 Å². The maximum Gasteiger partial charge on any atom is 0.227 e. The Kier molecular flexibility index (Phi) is 5.97. The SMILES string of the molecule is COc1cccc(CC(=O)N(Cc2ccc(C#N)cc2)C(C)C)c1. The number of nitriles is 1. The van der Waals surface area contributed by atoms with E-state index >= 15 is 0 Å². The van der Waals surface area contributed by atoms with Gasteiger partial charge in [0.25, 0.3) is 0 Å². The predicted octanol–water partition coefficient (Wildman–Crippen LogP) is 3.55. The molecule has 0 unspecified atom stereocenters. The van der Waals surface area contributed by atoms with Crippen LogP contribution in [0.2, 0.25) is 0 Å². The highest BCUT2D eigenvalue weighted by atomic mass is 16.5. The first-order valence-electron chi connectivity index (χ1n) is 7.95. The lowest BCUT2D eigenvalue weighted by molar-refractivity contribution is -0.132. The molecule has 0 bridgehead atoms. The lowest BCUT2D eigenvalue weighted by atomic mass is 10.1. The van der Waals surface area contributed by atoms with Crippen molar-refractivity contribution in [3.05, 3.63) is 65.2 Å². The Hall–Kier alpha value is -2.80. The Morgan fingerprint density at radius 2 is 1.88 bits per heavy atom. The second-order valence-corrected chi connectivity index (χ2v) is 5.95. The lowest BCUT2D eigenvalue weighted by Crippen LogP contribution is -2.37. The summed E-state index contributed by atoms with van der Waals surface area (Å²) < 4.78 is 5.21. The smallest absolute Gasteiger partial charge is 0.227 e. The second kappa shape index (κ2) is 8.16. The minimum atomic E-state index is 0.0719. The third-order valence-electron chi connectivity index (χ3n) is 3.87. The maximum atomic E-state index is 12.7. The first-order valence-corrected chi connectivity index (χ1v) is 7.95. The molecule has 0 saturated carbocycles. The van der Waals surface area contributed by atoms with Gasteiger partial charge in [-0.3, -0.25) is 4.79 Å². The molecule has 2 aromatic carbocycles. The van der Waals surface area contributed by atoms with Gasteiger partial charge in [-0.1, -0.05) is 24.3 Å². The molecule has 2 rings (SSSR count). The van der Waals surface area contributed by atoms with Crippen molar-refractivity contribution in [2.75, 3.05) is 7.11 Å². The number of carbonyl (C=O) groups is 1. The highest BCUT2D eigenvalue weighted by Gasteiger charge is 2.18. The second-order valence-electron chi connectivity index (χ2n) is 5.95. The summed E-state index contributed by atoms with van der Waals surface area (Å²) in [5, 5.41) is 8.87. The van der Waals surface area contributed by atoms with Crippen molar-refractivity contribution in [1.29, 1.82) is 5.26 Å². The molecule has 0 aliphatic rings. The first-order chi connectivity index (χ1) is 11.5. The zero-order chi connectivity index (χ0) is 17.5. The van der Waals surface area contributed by atoms with E-state index < -0.39 is 0 Å². The molecule has 0 fully saturated rings. The third kappa shape index (κ3) is 4.60. The molecule has 0 aromatic heterocycles. The standard InChI is InChI=1S/C20H22N2O2/c1-15(2)22(14-17-9-7-16(13-21)8-10-17)20(23)12-18-5-4-6-19(11-18)24-3/h4-11,15H,12,14H2,1-3H3. The number of amides is 1. The van der Waals surface area contributed by atoms with Gasteiger partial charge in [0.1, 0.15) is 5.75 Å². The molecule has 0 saturated heterocycles. The normalized spacial score (nSPS) is 10.3. The fourth-order valence-corrected chi connectivity index (χ4v) is 2.50. The number of ether oxygens (including phenoxy) is 1. The number of benzene rings is 2. The number of hydrogen-bond acceptors (Lipinski definition) is 3. The molecule has 0 aliphatic carbocycles. The van der Waals surface area contributed by atoms with Crippen LogP contribution in [0.15, 0.2) is 48.5 Å². The monoisotopic (exact) mass is 322 g/mol. The van der Waals surface area contributed by atoms with Crippen LogP contribution in [-0.2, 0) is 17.8 Å². The third-order valence-corrected chi connectivity index (χ3v) is 3.87. The summed E-state index contributed by atoms with van der Waals surface area (Å²) in [6, 6.07) is 17.1. The molecule has 124 valence electrons. The zero-order valence-corrected chi connectivity index (χ0v) is 14.3. The van der Waals surface area contributed by atoms with E-state index in [-0.39, 0.29) is 11.9 Å². The van der Waals surface area contributed by atoms with Crippen molar-refractivity contribution in [2.24, 2.45) is 0 Å². The van der Waals surface area contributed by atoms with Gasteiger partial charge in [0.15, 0.2) is 0 Å². The summed E-state index contributed by atoms with van der Waals surface area (Å²) in [5.74, 6) is 0.825. The van der Waals surface area contributed by atoms with Crippen LogP contribution in [-0.4, -0.2) is 24.0 Å². The van der Waals surface area contributed by atoms with E-state index in [2.05, 4.69) is 6.07 Å². The Bertz CT molecular complexity index is 730. The van der Waals surface area contributed by atoms with E-state index in [0.717, 1.165) is 16.9 Å². The molecule has 2 aromatic rings. The van der Waals surface area contributed by atoms with Crippen LogP contribution < -0.4 is 4.74 Å². The molecule has 0 N–H and O–H groups in total. The van der Waals surface area contributed by atoms with Gasteiger partial charge in [0.2, 0.25) is 5.91 Å². The van der Waals surface area contributed by atoms with Crippen molar-refractivity contribution >= 4 is 5.91 Å². The number of methoxy groups -OCH3 is 1. The predicted molar refractivity (Wildman–Crippen MR) is 93.5 cm³/mol. The quantitative estimate of drug-likeness (QED) is 0.817. The summed E-state index contributed by atoms with van der Waals surface area (Å²) in [6.45, 7) is 4.55. The van der Waals surface area contributed by atoms with Crippen LogP contribution >= 0.6 is 0 Å². The van der Waals surface area contributed by atoms with Gasteiger partial charge in [-0.25, -0.2) is 0 Å². The Morgan fingerprint density at radius 3 is 2.46 bits per heavy atom. The highest BCUT2D eigenvalue weighted by Crippen LogP contribution is 2.16. The van der Waals surface area contributed by atoms with Crippen LogP contribution in [0.4, 0.5) is 0 Å². The number of carbonyl (C=O) groups excluding carboxylic acids is 1. The summed E-state index contributed by atoms with van der Waals surface area (Å²) in [6.07, 6.45) is 0.339. The summed E-state index contributed by atoms with van der Waals surface area (Å²) in [4.78, 5) is 14.6. The van der Waals surface area contributed by atoms with Gasteiger partial charge in [0, 0.05) is 12.6 Å². The van der Waals surface area contributed by atoms with Crippen LogP contribution in [0, 0.1) is 11.3 Å². The van der Waals surface area contributed by atoms with Crippen molar-refractivity contribution in [3.8, 4) is 11.8 Å². The van der Waals surface area contributed by atoms with E-state index in [0.29, 0.717) is 18.5 Å². The fraction of sp³-hybridized carbons (Fsp3) is 0.300. The fourth-order valence-electron chi connectivity index (χ4n) is 2.50. The molecule has 24 heavy (non-hydrogen) atoms. The van der Waals surface area contributed by atoms with E-state index in [1.165, 1.54) is 0 Å². The summed E-state index contributed by atoms with van der Waals surface area (Å²) in [7, 11) is 1.62. The van der Waals surface area contributed by atoms with Gasteiger partial charge in [-0.05, 0) is 49.2 Å². The van der Waals surface area contributed by atoms with E-state index in [4.69, 9.17) is 10.00 Å². The summed E-state index contributed by atoms with van der Waals surface area (Å²) in [5.41, 5.74) is 2.57.